The fraction of sp³-hybridized carbons (Fsp3) is 0.261. The lowest BCUT2D eigenvalue weighted by Gasteiger charge is -2.09. The molecule has 1 N–H and O–H groups in total. The molecule has 0 fully saturated rings. The van der Waals surface area contributed by atoms with Gasteiger partial charge in [-0.3, -0.25) is 9.59 Å². The fourth-order valence-electron chi connectivity index (χ4n) is 3.72. The van der Waals surface area contributed by atoms with Crippen LogP contribution in [0.1, 0.15) is 36.3 Å². The van der Waals surface area contributed by atoms with Crippen molar-refractivity contribution in [1.29, 1.82) is 0 Å². The Balaban J connectivity index is 1.80. The lowest BCUT2D eigenvalue weighted by Crippen LogP contribution is -2.18. The summed E-state index contributed by atoms with van der Waals surface area (Å²) in [5.41, 5.74) is 1.82. The van der Waals surface area contributed by atoms with E-state index < -0.39 is 11.3 Å². The Morgan fingerprint density at radius 1 is 1.13 bits per heavy atom. The quantitative estimate of drug-likeness (QED) is 0.475. The Kier molecular flexibility index (Phi) is 5.37. The van der Waals surface area contributed by atoms with Crippen molar-refractivity contribution in [3.05, 3.63) is 64.1 Å². The van der Waals surface area contributed by atoms with Gasteiger partial charge in [0.2, 0.25) is 11.3 Å². The molecule has 0 saturated carbocycles. The van der Waals surface area contributed by atoms with Crippen LogP contribution in [0.4, 0.5) is 5.69 Å². The van der Waals surface area contributed by atoms with Gasteiger partial charge in [-0.05, 0) is 38.5 Å². The minimum atomic E-state index is -0.763. The van der Waals surface area contributed by atoms with Gasteiger partial charge < -0.3 is 14.2 Å². The highest BCUT2D eigenvalue weighted by Crippen LogP contribution is 2.38. The number of fused-ring (bicyclic) bond motifs is 2. The lowest BCUT2D eigenvalue weighted by atomic mass is 10.1. The number of carbonyl (C=O) groups excluding carboxylic acids is 1. The minimum absolute atomic E-state index is 0.0521. The highest BCUT2D eigenvalue weighted by molar-refractivity contribution is 5.98. The SMILES string of the molecule is CCCn1c(O)c(N=NC(=O)c2cn(CC)c3nc(C)ccc3c2=O)c2ccccc21. The van der Waals surface area contributed by atoms with Crippen LogP contribution in [0, 0.1) is 6.92 Å². The second-order valence-corrected chi connectivity index (χ2v) is 7.33. The number of hydrogen-bond donors (Lipinski definition) is 1. The van der Waals surface area contributed by atoms with Gasteiger partial charge in [0.15, 0.2) is 5.69 Å². The third-order valence-electron chi connectivity index (χ3n) is 5.24. The number of aryl methyl sites for hydroxylation is 3. The number of nitrogens with zero attached hydrogens (tertiary/aromatic N) is 5. The van der Waals surface area contributed by atoms with Crippen molar-refractivity contribution in [3.63, 3.8) is 0 Å². The molecule has 0 spiro atoms. The van der Waals surface area contributed by atoms with Gasteiger partial charge in [0.1, 0.15) is 11.2 Å². The number of amides is 1. The van der Waals surface area contributed by atoms with E-state index in [-0.39, 0.29) is 17.1 Å². The molecule has 0 bridgehead atoms. The monoisotopic (exact) mass is 417 g/mol. The molecule has 0 unspecified atom stereocenters. The molecule has 1 amide bonds. The summed E-state index contributed by atoms with van der Waals surface area (Å²) >= 11 is 0. The van der Waals surface area contributed by atoms with Gasteiger partial charge in [0, 0.05) is 30.4 Å². The average molecular weight is 417 g/mol. The van der Waals surface area contributed by atoms with E-state index in [2.05, 4.69) is 15.2 Å². The maximum atomic E-state index is 12.9. The number of rotatable bonds is 5. The zero-order valence-corrected chi connectivity index (χ0v) is 17.7. The van der Waals surface area contributed by atoms with Gasteiger partial charge >= 0.3 is 5.91 Å². The molecule has 31 heavy (non-hydrogen) atoms. The normalized spacial score (nSPS) is 11.7. The summed E-state index contributed by atoms with van der Waals surface area (Å²) in [6.07, 6.45) is 2.29. The van der Waals surface area contributed by atoms with Crippen molar-refractivity contribution < 1.29 is 9.90 Å². The Labute approximate surface area is 178 Å². The maximum Gasteiger partial charge on any atom is 0.300 e. The first-order valence-electron chi connectivity index (χ1n) is 10.2. The van der Waals surface area contributed by atoms with Gasteiger partial charge in [-0.2, -0.15) is 0 Å². The average Bonchev–Trinajstić information content (AvgIpc) is 3.03. The smallest absolute Gasteiger partial charge is 0.300 e. The molecule has 8 heteroatoms. The van der Waals surface area contributed by atoms with E-state index in [1.165, 1.54) is 6.20 Å². The largest absolute Gasteiger partial charge is 0.493 e. The van der Waals surface area contributed by atoms with E-state index in [4.69, 9.17) is 0 Å². The Morgan fingerprint density at radius 2 is 1.90 bits per heavy atom. The van der Waals surface area contributed by atoms with Crippen molar-refractivity contribution in [2.45, 2.75) is 40.3 Å². The minimum Gasteiger partial charge on any atom is -0.493 e. The first-order valence-corrected chi connectivity index (χ1v) is 10.2. The molecule has 8 nitrogen and oxygen atoms in total. The maximum absolute atomic E-state index is 12.9. The van der Waals surface area contributed by atoms with Crippen molar-refractivity contribution in [3.8, 4) is 5.88 Å². The van der Waals surface area contributed by atoms with Gasteiger partial charge in [-0.15, -0.1) is 10.2 Å². The number of azo groups is 1. The molecule has 3 aromatic heterocycles. The molecule has 1 aromatic carbocycles. The van der Waals surface area contributed by atoms with E-state index in [9.17, 15) is 14.7 Å². The predicted octanol–water partition coefficient (Wildman–Crippen LogP) is 4.72. The molecule has 3 heterocycles. The van der Waals surface area contributed by atoms with Crippen LogP contribution >= 0.6 is 0 Å². The van der Waals surface area contributed by atoms with E-state index in [1.54, 1.807) is 21.3 Å². The van der Waals surface area contributed by atoms with Crippen molar-refractivity contribution in [2.24, 2.45) is 10.2 Å². The summed E-state index contributed by atoms with van der Waals surface area (Å²) in [7, 11) is 0. The van der Waals surface area contributed by atoms with Gasteiger partial charge in [0.25, 0.3) is 0 Å². The first kappa shape index (κ1) is 20.5. The van der Waals surface area contributed by atoms with Crippen LogP contribution in [-0.4, -0.2) is 25.1 Å². The second kappa shape index (κ2) is 8.14. The zero-order valence-electron chi connectivity index (χ0n) is 17.7. The van der Waals surface area contributed by atoms with E-state index >= 15 is 0 Å². The molecule has 0 aliphatic heterocycles. The van der Waals surface area contributed by atoms with Crippen LogP contribution in [0.15, 0.2) is 57.6 Å². The molecule has 0 atom stereocenters. The number of hydrogen-bond acceptors (Lipinski definition) is 5. The van der Waals surface area contributed by atoms with Crippen LogP contribution < -0.4 is 5.43 Å². The molecule has 0 saturated heterocycles. The Hall–Kier alpha value is -3.81. The molecular weight excluding hydrogens is 394 g/mol. The lowest BCUT2D eigenvalue weighted by molar-refractivity contribution is 0.0993. The van der Waals surface area contributed by atoms with Crippen LogP contribution in [0.2, 0.25) is 0 Å². The summed E-state index contributed by atoms with van der Waals surface area (Å²) < 4.78 is 3.49. The predicted molar refractivity (Wildman–Crippen MR) is 119 cm³/mol. The molecule has 4 rings (SSSR count). The first-order chi connectivity index (χ1) is 15.0. The van der Waals surface area contributed by atoms with Crippen LogP contribution in [0.3, 0.4) is 0 Å². The summed E-state index contributed by atoms with van der Waals surface area (Å²) in [5.74, 6) is -0.815. The molecule has 0 radical (unpaired) electrons. The fourth-order valence-corrected chi connectivity index (χ4v) is 3.72. The highest BCUT2D eigenvalue weighted by Gasteiger charge is 2.18. The number of pyridine rings is 2. The van der Waals surface area contributed by atoms with E-state index in [0.717, 1.165) is 17.6 Å². The molecule has 4 aromatic rings. The number of aromatic hydroxyl groups is 1. The third-order valence-corrected chi connectivity index (χ3v) is 5.24. The highest BCUT2D eigenvalue weighted by atomic mass is 16.3. The van der Waals surface area contributed by atoms with E-state index in [1.807, 2.05) is 45.0 Å². The van der Waals surface area contributed by atoms with E-state index in [0.29, 0.717) is 29.5 Å². The number of para-hydroxylation sites is 1. The summed E-state index contributed by atoms with van der Waals surface area (Å²) in [5, 5.41) is 19.5. The zero-order chi connectivity index (χ0) is 22.1. The summed E-state index contributed by atoms with van der Waals surface area (Å²) in [6, 6.07) is 10.8. The summed E-state index contributed by atoms with van der Waals surface area (Å²) in [6.45, 7) is 6.90. The third kappa shape index (κ3) is 3.50. The number of benzene rings is 1. The number of aromatic nitrogens is 3. The van der Waals surface area contributed by atoms with Crippen molar-refractivity contribution in [2.75, 3.05) is 0 Å². The topological polar surface area (TPSA) is 102 Å². The van der Waals surface area contributed by atoms with Crippen molar-refractivity contribution in [1.82, 2.24) is 14.1 Å². The number of carbonyl (C=O) groups is 1. The van der Waals surface area contributed by atoms with Gasteiger partial charge in [-0.1, -0.05) is 25.1 Å². The van der Waals surface area contributed by atoms with Crippen LogP contribution in [0.5, 0.6) is 5.88 Å². The van der Waals surface area contributed by atoms with Gasteiger partial charge in [0.05, 0.1) is 10.9 Å². The standard InChI is InChI=1S/C23H23N5O3/c1-4-12-28-18-9-7-6-8-15(18)19(23(28)31)25-26-22(30)17-13-27(5-2)21-16(20(17)29)11-10-14(3)24-21/h6-11,13,31H,4-5,12H2,1-3H3. The second-order valence-electron chi connectivity index (χ2n) is 7.33. The Morgan fingerprint density at radius 3 is 2.65 bits per heavy atom. The molecule has 0 aliphatic carbocycles. The van der Waals surface area contributed by atoms with Crippen LogP contribution in [0.25, 0.3) is 21.9 Å². The summed E-state index contributed by atoms with van der Waals surface area (Å²) in [4.78, 5) is 30.1. The molecule has 158 valence electrons. The molecular formula is C23H23N5O3. The van der Waals surface area contributed by atoms with Gasteiger partial charge in [-0.25, -0.2) is 4.98 Å². The molecule has 0 aliphatic rings. The van der Waals surface area contributed by atoms with Crippen LogP contribution in [-0.2, 0) is 13.1 Å². The van der Waals surface area contributed by atoms with Crippen molar-refractivity contribution >= 4 is 33.5 Å². The Bertz CT molecular complexity index is 1400.